The smallest absolute Gasteiger partial charge is 0.232 e. The van der Waals surface area contributed by atoms with Gasteiger partial charge in [-0.05, 0) is 57.4 Å². The third-order valence-corrected chi connectivity index (χ3v) is 31.7. The van der Waals surface area contributed by atoms with Crippen molar-refractivity contribution in [1.82, 2.24) is 15.0 Å². The number of ether oxygens (including phenoxy) is 6. The molecule has 0 unspecified atom stereocenters. The maximum Gasteiger partial charge on any atom is 0.232 e. The van der Waals surface area contributed by atoms with E-state index in [0.717, 1.165) is 99.6 Å². The SMILES string of the molecule is [CH2]Cc1ccc(-c2nc(Nc3cc(OCCCCCCCCCCCCCCCCCCC)c(OCCCCCCCCCCCCCCCCCCC)c(OCCCCCCCCCCCCCCCCCCC)c3)nc(Nc3cc(OCCCCCCCCCCCCCCCCCCC)c(OCCCCCCCCCCCCCCCCCCC)c(OCCCCCCCCCCCCCCCCCCC)c3)n2)cc1. The summed E-state index contributed by atoms with van der Waals surface area (Å²) in [5.74, 6) is 5.62. The second-order valence-electron chi connectivity index (χ2n) is 46.1. The molecule has 3 aromatic carbocycles. The topological polar surface area (TPSA) is 118 Å². The lowest BCUT2D eigenvalue weighted by Crippen LogP contribution is -2.09. The second kappa shape index (κ2) is 108. The summed E-state index contributed by atoms with van der Waals surface area (Å²) in [6.45, 7) is 21.8. The van der Waals surface area contributed by atoms with E-state index in [0.29, 0.717) is 98.3 Å². The quantitative estimate of drug-likeness (QED) is 0.0412. The predicted octanol–water partition coefficient (Wildman–Crippen LogP) is 47.6. The van der Waals surface area contributed by atoms with Crippen LogP contribution in [-0.4, -0.2) is 54.6 Å². The highest BCUT2D eigenvalue weighted by molar-refractivity contribution is 5.70. The van der Waals surface area contributed by atoms with E-state index in [4.69, 9.17) is 43.4 Å². The third kappa shape index (κ3) is 82.6. The monoisotopic (exact) mass is 2060 g/mol. The summed E-state index contributed by atoms with van der Waals surface area (Å²) in [4.78, 5) is 15.9. The molecule has 0 aliphatic rings. The van der Waals surface area contributed by atoms with E-state index in [1.54, 1.807) is 0 Å². The first-order valence-electron chi connectivity index (χ1n) is 66.8. The number of anilines is 4. The van der Waals surface area contributed by atoms with Crippen LogP contribution in [0.2, 0.25) is 0 Å². The zero-order chi connectivity index (χ0) is 105. The Kier molecular flexibility index (Phi) is 98.4. The van der Waals surface area contributed by atoms with Crippen LogP contribution in [0.5, 0.6) is 34.5 Å². The van der Waals surface area contributed by atoms with Crippen LogP contribution < -0.4 is 39.1 Å². The summed E-state index contributed by atoms with van der Waals surface area (Å²) in [5.41, 5.74) is 3.59. The zero-order valence-corrected chi connectivity index (χ0v) is 99.7. The van der Waals surface area contributed by atoms with Crippen LogP contribution in [0, 0.1) is 6.92 Å². The maximum atomic E-state index is 7.07. The molecule has 1 heterocycles. The van der Waals surface area contributed by atoms with Gasteiger partial charge in [0, 0.05) is 41.2 Å². The Hall–Kier alpha value is -4.93. The van der Waals surface area contributed by atoms with Gasteiger partial charge >= 0.3 is 0 Å². The van der Waals surface area contributed by atoms with Gasteiger partial charge in [0.2, 0.25) is 23.4 Å². The van der Waals surface area contributed by atoms with Gasteiger partial charge in [0.25, 0.3) is 0 Å². The van der Waals surface area contributed by atoms with Gasteiger partial charge in [-0.3, -0.25) is 0 Å². The standard InChI is InChI=1S/C137H248N5O6/c1-8-15-21-27-33-39-45-51-57-63-69-75-81-87-93-99-105-115-143-129-121-127(122-130(144-116-106-100-94-88-82-76-70-64-58-52-46-40-34-28-22-16-9-2)133(129)147-119-109-103-97-91-85-79-73-67-61-55-49-43-37-31-25-19-12-5)138-136-140-135(126-113-111-125(14-7)112-114-126)141-137(142-136)139-128-123-131(145-117-107-101-95-89-83-77-71-65-59-53-47-41-35-29-23-17-10-3)134(148-120-110-104-98-92-86-80-74-68-62-56-50-44-38-32-26-20-13-6)132(124-128)146-118-108-102-96-90-84-78-72-66-60-54-48-42-36-30-24-18-11-4/h111-114,121-124H,7-110,115-120H2,1-6H3,(H2,138,139,140,141,142). The number of hydrogen-bond donors (Lipinski definition) is 2. The molecule has 4 aromatic rings. The van der Waals surface area contributed by atoms with Crippen LogP contribution in [0.25, 0.3) is 11.4 Å². The van der Waals surface area contributed by atoms with E-state index in [1.165, 1.54) is 578 Å². The largest absolute Gasteiger partial charge is 0.489 e. The van der Waals surface area contributed by atoms with E-state index >= 15 is 0 Å². The fraction of sp³-hybridized carbons (Fsp3) is 0.839. The van der Waals surface area contributed by atoms with Crippen molar-refractivity contribution in [2.75, 3.05) is 50.3 Å². The summed E-state index contributed by atoms with van der Waals surface area (Å²) in [6, 6.07) is 17.0. The van der Waals surface area contributed by atoms with Crippen molar-refractivity contribution in [3.05, 3.63) is 61.0 Å². The molecule has 11 heteroatoms. The minimum absolute atomic E-state index is 0.406. The summed E-state index contributed by atoms with van der Waals surface area (Å²) in [6.07, 6.45) is 137. The lowest BCUT2D eigenvalue weighted by Gasteiger charge is -2.20. The summed E-state index contributed by atoms with van der Waals surface area (Å²) in [7, 11) is 0. The fourth-order valence-corrected chi connectivity index (χ4v) is 21.7. The number of nitrogens with one attached hydrogen (secondary N) is 2. The third-order valence-electron chi connectivity index (χ3n) is 31.7. The van der Waals surface area contributed by atoms with Crippen LogP contribution in [0.1, 0.15) is 702 Å². The molecular weight excluding hydrogens is 1810 g/mol. The first kappa shape index (κ1) is 135. The Morgan fingerprint density at radius 1 is 0.176 bits per heavy atom. The van der Waals surface area contributed by atoms with Crippen LogP contribution in [-0.2, 0) is 6.42 Å². The molecule has 0 bridgehead atoms. The molecule has 0 aliphatic carbocycles. The zero-order valence-electron chi connectivity index (χ0n) is 99.7. The molecule has 0 amide bonds. The van der Waals surface area contributed by atoms with Crippen LogP contribution in [0.4, 0.5) is 23.3 Å². The van der Waals surface area contributed by atoms with Gasteiger partial charge in [-0.1, -0.05) is 682 Å². The molecule has 2 N–H and O–H groups in total. The number of nitrogens with zero attached hydrogens (tertiary/aromatic N) is 3. The van der Waals surface area contributed by atoms with Crippen molar-refractivity contribution in [2.24, 2.45) is 0 Å². The minimum Gasteiger partial charge on any atom is -0.489 e. The lowest BCUT2D eigenvalue weighted by molar-refractivity contribution is 0.234. The van der Waals surface area contributed by atoms with E-state index in [9.17, 15) is 0 Å². The van der Waals surface area contributed by atoms with E-state index in [-0.39, 0.29) is 0 Å². The molecule has 0 saturated heterocycles. The predicted molar refractivity (Wildman–Crippen MR) is 652 cm³/mol. The number of hydrogen-bond acceptors (Lipinski definition) is 11. The summed E-state index contributed by atoms with van der Waals surface area (Å²) < 4.78 is 42.4. The molecular formula is C137H248N5O6. The molecule has 0 fully saturated rings. The van der Waals surface area contributed by atoms with Crippen LogP contribution in [0.3, 0.4) is 0 Å². The molecule has 148 heavy (non-hydrogen) atoms. The Morgan fingerprint density at radius 2 is 0.318 bits per heavy atom. The molecule has 0 atom stereocenters. The second-order valence-corrected chi connectivity index (χ2v) is 46.1. The number of rotatable bonds is 120. The van der Waals surface area contributed by atoms with Gasteiger partial charge in [-0.15, -0.1) is 0 Å². The molecule has 0 spiro atoms. The van der Waals surface area contributed by atoms with Gasteiger partial charge in [0.1, 0.15) is 0 Å². The van der Waals surface area contributed by atoms with Gasteiger partial charge in [0.05, 0.1) is 39.6 Å². The minimum atomic E-state index is 0.406. The van der Waals surface area contributed by atoms with E-state index in [2.05, 4.69) is 108 Å². The number of benzene rings is 3. The average molecular weight is 2060 g/mol. The first-order chi connectivity index (χ1) is 73.5. The van der Waals surface area contributed by atoms with Crippen LogP contribution in [0.15, 0.2) is 48.5 Å². The molecule has 1 aromatic heterocycles. The summed E-state index contributed by atoms with van der Waals surface area (Å²) >= 11 is 0. The lowest BCUT2D eigenvalue weighted by atomic mass is 10.0. The Labute approximate surface area is 920 Å². The number of aromatic nitrogens is 3. The van der Waals surface area contributed by atoms with Crippen molar-refractivity contribution >= 4 is 23.3 Å². The van der Waals surface area contributed by atoms with Crippen molar-refractivity contribution < 1.29 is 28.4 Å². The molecule has 11 nitrogen and oxygen atoms in total. The average Bonchev–Trinajstić information content (AvgIpc) is 0.958. The van der Waals surface area contributed by atoms with Gasteiger partial charge in [0.15, 0.2) is 28.8 Å². The Bertz CT molecular complexity index is 3070. The highest BCUT2D eigenvalue weighted by Gasteiger charge is 2.22. The number of unbranched alkanes of at least 4 members (excludes halogenated alkanes) is 96. The molecule has 857 valence electrons. The Morgan fingerprint density at radius 3 is 0.466 bits per heavy atom. The highest BCUT2D eigenvalue weighted by Crippen LogP contribution is 2.45. The molecule has 0 saturated carbocycles. The fourth-order valence-electron chi connectivity index (χ4n) is 21.7. The normalized spacial score (nSPS) is 11.6. The van der Waals surface area contributed by atoms with Gasteiger partial charge < -0.3 is 39.1 Å². The molecule has 1 radical (unpaired) electrons. The first-order valence-corrected chi connectivity index (χ1v) is 66.8. The highest BCUT2D eigenvalue weighted by atomic mass is 16.5. The van der Waals surface area contributed by atoms with Gasteiger partial charge in [-0.25, -0.2) is 0 Å². The van der Waals surface area contributed by atoms with Crippen molar-refractivity contribution in [2.45, 2.75) is 703 Å². The van der Waals surface area contributed by atoms with Crippen molar-refractivity contribution in [1.29, 1.82) is 0 Å². The Balaban J connectivity index is 1.69. The van der Waals surface area contributed by atoms with Crippen molar-refractivity contribution in [3.63, 3.8) is 0 Å². The summed E-state index contributed by atoms with van der Waals surface area (Å²) in [5, 5.41) is 7.54. The van der Waals surface area contributed by atoms with Crippen molar-refractivity contribution in [3.8, 4) is 45.9 Å². The molecule has 0 aliphatic heterocycles. The van der Waals surface area contributed by atoms with E-state index < -0.39 is 0 Å². The van der Waals surface area contributed by atoms with Gasteiger partial charge in [-0.2, -0.15) is 15.0 Å². The van der Waals surface area contributed by atoms with Crippen LogP contribution >= 0.6 is 0 Å². The maximum absolute atomic E-state index is 7.07. The molecule has 4 rings (SSSR count). The van der Waals surface area contributed by atoms with E-state index in [1.807, 2.05) is 0 Å².